The van der Waals surface area contributed by atoms with Crippen molar-refractivity contribution < 1.29 is 28.6 Å². The average molecular weight is 497 g/mol. The molecule has 3 amide bonds. The molecule has 36 heavy (non-hydrogen) atoms. The number of hydrogen-bond acceptors (Lipinski definition) is 7. The summed E-state index contributed by atoms with van der Waals surface area (Å²) in [6.45, 7) is 3.24. The minimum Gasteiger partial charge on any atom is -0.493 e. The Morgan fingerprint density at radius 2 is 1.67 bits per heavy atom. The number of amides is 3. The molecule has 0 aromatic heterocycles. The zero-order valence-electron chi connectivity index (χ0n) is 20.8. The molecule has 10 heteroatoms. The summed E-state index contributed by atoms with van der Waals surface area (Å²) in [5.74, 6) is 1.15. The molecule has 0 aliphatic carbocycles. The molecule has 1 fully saturated rings. The highest BCUT2D eigenvalue weighted by molar-refractivity contribution is 6.09. The van der Waals surface area contributed by atoms with Gasteiger partial charge in [-0.05, 0) is 24.6 Å². The molecular formula is C26H32N4O6. The predicted octanol–water partition coefficient (Wildman–Crippen LogP) is 1.89. The molecule has 0 unspecified atom stereocenters. The molecule has 192 valence electrons. The van der Waals surface area contributed by atoms with Gasteiger partial charge in [0.2, 0.25) is 17.6 Å². The summed E-state index contributed by atoms with van der Waals surface area (Å²) in [6.07, 6.45) is 0.422. The first-order valence-electron chi connectivity index (χ1n) is 11.9. The van der Waals surface area contributed by atoms with E-state index in [1.54, 1.807) is 45.6 Å². The number of ether oxygens (including phenoxy) is 3. The maximum Gasteiger partial charge on any atom is 0.254 e. The van der Waals surface area contributed by atoms with Gasteiger partial charge in [-0.2, -0.15) is 0 Å². The Balaban J connectivity index is 1.29. The molecule has 2 aliphatic rings. The number of methoxy groups -OCH3 is 3. The topological polar surface area (TPSA) is 109 Å². The van der Waals surface area contributed by atoms with Gasteiger partial charge in [0.25, 0.3) is 5.91 Å². The lowest BCUT2D eigenvalue weighted by Gasteiger charge is -2.35. The van der Waals surface area contributed by atoms with Crippen LogP contribution >= 0.6 is 0 Å². The third-order valence-corrected chi connectivity index (χ3v) is 6.60. The molecule has 0 radical (unpaired) electrons. The molecule has 2 aromatic rings. The smallest absolute Gasteiger partial charge is 0.254 e. The number of anilines is 1. The third-order valence-electron chi connectivity index (χ3n) is 6.60. The lowest BCUT2D eigenvalue weighted by Crippen LogP contribution is -2.49. The number of hydrogen-bond donors (Lipinski definition) is 2. The van der Waals surface area contributed by atoms with Crippen LogP contribution in [0.15, 0.2) is 36.4 Å². The number of carbonyl (C=O) groups is 3. The van der Waals surface area contributed by atoms with Crippen molar-refractivity contribution in [1.82, 2.24) is 15.1 Å². The van der Waals surface area contributed by atoms with Crippen LogP contribution in [0.1, 0.15) is 28.8 Å². The summed E-state index contributed by atoms with van der Waals surface area (Å²) in [4.78, 5) is 42.0. The van der Waals surface area contributed by atoms with E-state index < -0.39 is 6.04 Å². The highest BCUT2D eigenvalue weighted by Gasteiger charge is 2.29. The minimum absolute atomic E-state index is 0.0258. The van der Waals surface area contributed by atoms with Gasteiger partial charge in [0, 0.05) is 44.7 Å². The molecule has 2 N–H and O–H groups in total. The maximum absolute atomic E-state index is 12.9. The van der Waals surface area contributed by atoms with Crippen LogP contribution in [0, 0.1) is 0 Å². The van der Waals surface area contributed by atoms with Crippen LogP contribution in [0.25, 0.3) is 0 Å². The molecule has 2 aromatic carbocycles. The maximum atomic E-state index is 12.9. The van der Waals surface area contributed by atoms with E-state index in [0.29, 0.717) is 61.2 Å². The minimum atomic E-state index is -0.757. The number of benzene rings is 2. The van der Waals surface area contributed by atoms with E-state index in [-0.39, 0.29) is 30.6 Å². The fourth-order valence-corrected chi connectivity index (χ4v) is 4.62. The SMILES string of the molecule is COc1ccc(CN2CCN(C(=O)CC[C@@H]3NC(=O)c4ccccc4NC3=O)CC2)c(OC)c1OC. The second kappa shape index (κ2) is 11.3. The quantitative estimate of drug-likeness (QED) is 0.574. The first kappa shape index (κ1) is 25.3. The van der Waals surface area contributed by atoms with E-state index in [4.69, 9.17) is 14.2 Å². The second-order valence-electron chi connectivity index (χ2n) is 8.75. The van der Waals surface area contributed by atoms with Crippen LogP contribution < -0.4 is 24.8 Å². The van der Waals surface area contributed by atoms with Gasteiger partial charge in [-0.1, -0.05) is 18.2 Å². The molecule has 1 saturated heterocycles. The van der Waals surface area contributed by atoms with Crippen molar-refractivity contribution >= 4 is 23.4 Å². The standard InChI is InChI=1S/C26H32N4O6/c1-34-21-10-8-17(23(35-2)24(21)36-3)16-29-12-14-30(15-13-29)22(31)11-9-20-26(33)27-19-7-5-4-6-18(19)25(32)28-20/h4-8,10,20H,9,11-16H2,1-3H3,(H,27,33)(H,28,32)/t20-/m0/s1. The van der Waals surface area contributed by atoms with Crippen molar-refractivity contribution in [3.8, 4) is 17.2 Å². The molecule has 1 atom stereocenters. The normalized spacial score (nSPS) is 18.0. The van der Waals surface area contributed by atoms with Gasteiger partial charge in [-0.3, -0.25) is 19.3 Å². The van der Waals surface area contributed by atoms with Crippen molar-refractivity contribution in [1.29, 1.82) is 0 Å². The molecule has 0 bridgehead atoms. The molecule has 2 aliphatic heterocycles. The molecular weight excluding hydrogens is 464 g/mol. The van der Waals surface area contributed by atoms with Crippen LogP contribution in [0.3, 0.4) is 0 Å². The summed E-state index contributed by atoms with van der Waals surface area (Å²) in [5.41, 5.74) is 1.88. The van der Waals surface area contributed by atoms with Crippen molar-refractivity contribution in [3.05, 3.63) is 47.5 Å². The molecule has 0 spiro atoms. The van der Waals surface area contributed by atoms with Gasteiger partial charge < -0.3 is 29.7 Å². The number of fused-ring (bicyclic) bond motifs is 1. The van der Waals surface area contributed by atoms with Crippen LogP contribution in [0.2, 0.25) is 0 Å². The highest BCUT2D eigenvalue weighted by atomic mass is 16.5. The summed E-state index contributed by atoms with van der Waals surface area (Å²) < 4.78 is 16.4. The van der Waals surface area contributed by atoms with Crippen LogP contribution in [0.4, 0.5) is 5.69 Å². The Bertz CT molecular complexity index is 1130. The van der Waals surface area contributed by atoms with Gasteiger partial charge >= 0.3 is 0 Å². The van der Waals surface area contributed by atoms with Gasteiger partial charge in [0.1, 0.15) is 6.04 Å². The number of piperazine rings is 1. The van der Waals surface area contributed by atoms with E-state index in [1.807, 2.05) is 17.0 Å². The summed E-state index contributed by atoms with van der Waals surface area (Å²) >= 11 is 0. The monoisotopic (exact) mass is 496 g/mol. The summed E-state index contributed by atoms with van der Waals surface area (Å²) in [7, 11) is 4.77. The number of para-hydroxylation sites is 1. The first-order valence-corrected chi connectivity index (χ1v) is 11.9. The third kappa shape index (κ3) is 5.38. The van der Waals surface area contributed by atoms with Gasteiger partial charge in [0.05, 0.1) is 32.6 Å². The molecule has 10 nitrogen and oxygen atoms in total. The van der Waals surface area contributed by atoms with Gasteiger partial charge in [-0.25, -0.2) is 0 Å². The molecule has 2 heterocycles. The van der Waals surface area contributed by atoms with Gasteiger partial charge in [-0.15, -0.1) is 0 Å². The van der Waals surface area contributed by atoms with Crippen LogP contribution in [-0.2, 0) is 16.1 Å². The zero-order chi connectivity index (χ0) is 25.7. The van der Waals surface area contributed by atoms with Crippen LogP contribution in [-0.4, -0.2) is 81.1 Å². The van der Waals surface area contributed by atoms with Crippen molar-refractivity contribution in [2.24, 2.45) is 0 Å². The Hall–Kier alpha value is -3.79. The highest BCUT2D eigenvalue weighted by Crippen LogP contribution is 2.40. The Labute approximate surface area is 210 Å². The Morgan fingerprint density at radius 1 is 0.944 bits per heavy atom. The van der Waals surface area contributed by atoms with E-state index in [9.17, 15) is 14.4 Å². The number of nitrogens with zero attached hydrogens (tertiary/aromatic N) is 2. The Kier molecular flexibility index (Phi) is 7.94. The Morgan fingerprint density at radius 3 is 2.36 bits per heavy atom. The fourth-order valence-electron chi connectivity index (χ4n) is 4.62. The lowest BCUT2D eigenvalue weighted by molar-refractivity contribution is -0.133. The fraction of sp³-hybridized carbons (Fsp3) is 0.423. The largest absolute Gasteiger partial charge is 0.493 e. The molecule has 4 rings (SSSR count). The summed E-state index contributed by atoms with van der Waals surface area (Å²) in [6, 6.07) is 9.92. The van der Waals surface area contributed by atoms with Crippen LogP contribution in [0.5, 0.6) is 17.2 Å². The second-order valence-corrected chi connectivity index (χ2v) is 8.75. The summed E-state index contributed by atoms with van der Waals surface area (Å²) in [5, 5.41) is 5.52. The van der Waals surface area contributed by atoms with Crippen molar-refractivity contribution in [3.63, 3.8) is 0 Å². The van der Waals surface area contributed by atoms with E-state index >= 15 is 0 Å². The molecule has 0 saturated carbocycles. The van der Waals surface area contributed by atoms with E-state index in [2.05, 4.69) is 15.5 Å². The van der Waals surface area contributed by atoms with E-state index in [0.717, 1.165) is 5.56 Å². The zero-order valence-corrected chi connectivity index (χ0v) is 20.8. The van der Waals surface area contributed by atoms with Crippen molar-refractivity contribution in [2.45, 2.75) is 25.4 Å². The number of nitrogens with one attached hydrogen (secondary N) is 2. The van der Waals surface area contributed by atoms with Gasteiger partial charge in [0.15, 0.2) is 11.5 Å². The predicted molar refractivity (Wildman–Crippen MR) is 134 cm³/mol. The lowest BCUT2D eigenvalue weighted by atomic mass is 10.1. The van der Waals surface area contributed by atoms with E-state index in [1.165, 1.54) is 0 Å². The average Bonchev–Trinajstić information content (AvgIpc) is 3.02. The first-order chi connectivity index (χ1) is 17.4. The number of carbonyl (C=O) groups excluding carboxylic acids is 3. The van der Waals surface area contributed by atoms with Crippen molar-refractivity contribution in [2.75, 3.05) is 52.8 Å². The number of rotatable bonds is 8.